The van der Waals surface area contributed by atoms with Gasteiger partial charge < -0.3 is 5.11 Å². The zero-order valence-corrected chi connectivity index (χ0v) is 14.6. The minimum absolute atomic E-state index is 0.185. The van der Waals surface area contributed by atoms with Crippen LogP contribution in [0.1, 0.15) is 27.3 Å². The van der Waals surface area contributed by atoms with Gasteiger partial charge in [-0.1, -0.05) is 23.9 Å². The van der Waals surface area contributed by atoms with E-state index in [1.54, 1.807) is 22.9 Å². The fourth-order valence-corrected chi connectivity index (χ4v) is 3.72. The Balaban J connectivity index is 1.92. The number of rotatable bonds is 3. The summed E-state index contributed by atoms with van der Waals surface area (Å²) in [6.45, 7) is 3.83. The maximum Gasteiger partial charge on any atom is 0.335 e. The second kappa shape index (κ2) is 6.26. The van der Waals surface area contributed by atoms with E-state index in [9.17, 15) is 9.59 Å². The summed E-state index contributed by atoms with van der Waals surface area (Å²) in [6.07, 6.45) is 1.72. The summed E-state index contributed by atoms with van der Waals surface area (Å²) >= 11 is 6.60. The number of aromatic carboxylic acids is 1. The van der Waals surface area contributed by atoms with Gasteiger partial charge in [0.2, 0.25) is 0 Å². The Morgan fingerprint density at radius 2 is 1.71 bits per heavy atom. The van der Waals surface area contributed by atoms with Crippen LogP contribution in [0.5, 0.6) is 0 Å². The molecule has 3 rings (SSSR count). The van der Waals surface area contributed by atoms with Gasteiger partial charge in [0.1, 0.15) is 0 Å². The van der Waals surface area contributed by atoms with Crippen LogP contribution in [-0.4, -0.2) is 26.0 Å². The Morgan fingerprint density at radius 3 is 2.25 bits per heavy atom. The molecule has 1 N–H and O–H groups in total. The lowest BCUT2D eigenvalue weighted by Gasteiger charge is -2.20. The van der Waals surface area contributed by atoms with E-state index in [-0.39, 0.29) is 11.5 Å². The third kappa shape index (κ3) is 2.88. The summed E-state index contributed by atoms with van der Waals surface area (Å²) < 4.78 is 2.27. The van der Waals surface area contributed by atoms with Crippen LogP contribution in [-0.2, 0) is 4.79 Å². The number of carbonyl (C=O) groups excluding carboxylic acids is 1. The molecule has 7 heteroatoms. The standard InChI is InChI=1S/C17H14N2O3S2/c1-10-3-4-11(2)18(10)19-15(20)14(24-17(19)23)9-12-5-7-13(8-6-12)16(21)22/h3-9H,1-2H3,(H,21,22)/b14-9+. The molecular weight excluding hydrogens is 344 g/mol. The molecule has 5 nitrogen and oxygen atoms in total. The highest BCUT2D eigenvalue weighted by molar-refractivity contribution is 8.27. The highest BCUT2D eigenvalue weighted by Crippen LogP contribution is 2.32. The first-order valence-electron chi connectivity index (χ1n) is 7.15. The second-order valence-electron chi connectivity index (χ2n) is 5.35. The van der Waals surface area contributed by atoms with Crippen molar-refractivity contribution < 1.29 is 14.7 Å². The van der Waals surface area contributed by atoms with Crippen molar-refractivity contribution in [3.8, 4) is 0 Å². The summed E-state index contributed by atoms with van der Waals surface area (Å²) in [5.41, 5.74) is 2.81. The molecule has 1 aromatic heterocycles. The predicted octanol–water partition coefficient (Wildman–Crippen LogP) is 3.34. The predicted molar refractivity (Wildman–Crippen MR) is 98.7 cm³/mol. The SMILES string of the molecule is Cc1ccc(C)n1N1C(=O)/C(=C\c2ccc(C(=O)O)cc2)SC1=S. The molecule has 0 spiro atoms. The van der Waals surface area contributed by atoms with E-state index in [1.165, 1.54) is 28.9 Å². The molecule has 0 saturated carbocycles. The number of thioether (sulfide) groups is 1. The molecule has 1 aromatic carbocycles. The Hall–Kier alpha value is -2.38. The lowest BCUT2D eigenvalue weighted by Crippen LogP contribution is -2.39. The van der Waals surface area contributed by atoms with Gasteiger partial charge in [-0.2, -0.15) is 5.01 Å². The lowest BCUT2D eigenvalue weighted by atomic mass is 10.1. The maximum absolute atomic E-state index is 12.7. The Morgan fingerprint density at radius 1 is 1.12 bits per heavy atom. The Kier molecular flexibility index (Phi) is 4.29. The van der Waals surface area contributed by atoms with Gasteiger partial charge in [-0.05, 0) is 62.0 Å². The molecule has 1 saturated heterocycles. The zero-order chi connectivity index (χ0) is 17.4. The van der Waals surface area contributed by atoms with Crippen LogP contribution < -0.4 is 5.01 Å². The van der Waals surface area contributed by atoms with Crippen LogP contribution >= 0.6 is 24.0 Å². The van der Waals surface area contributed by atoms with Crippen molar-refractivity contribution in [2.45, 2.75) is 13.8 Å². The minimum atomic E-state index is -0.980. The fraction of sp³-hybridized carbons (Fsp3) is 0.118. The van der Waals surface area contributed by atoms with Gasteiger partial charge in [0, 0.05) is 11.4 Å². The number of carbonyl (C=O) groups is 2. The van der Waals surface area contributed by atoms with Crippen LogP contribution in [0.4, 0.5) is 0 Å². The largest absolute Gasteiger partial charge is 0.478 e. The van der Waals surface area contributed by atoms with E-state index < -0.39 is 5.97 Å². The van der Waals surface area contributed by atoms with Gasteiger partial charge in [-0.15, -0.1) is 0 Å². The summed E-state index contributed by atoms with van der Waals surface area (Å²) in [5, 5.41) is 10.4. The number of aryl methyl sites for hydroxylation is 2. The summed E-state index contributed by atoms with van der Waals surface area (Å²) in [5.74, 6) is -1.17. The van der Waals surface area contributed by atoms with Crippen LogP contribution in [0.15, 0.2) is 41.3 Å². The highest BCUT2D eigenvalue weighted by Gasteiger charge is 2.34. The number of carboxylic acid groups (broad SMARTS) is 1. The molecule has 0 bridgehead atoms. The van der Waals surface area contributed by atoms with Crippen molar-refractivity contribution in [3.05, 3.63) is 63.8 Å². The van der Waals surface area contributed by atoms with E-state index in [0.29, 0.717) is 9.23 Å². The van der Waals surface area contributed by atoms with E-state index in [2.05, 4.69) is 0 Å². The number of carboxylic acids is 1. The molecule has 2 heterocycles. The summed E-state index contributed by atoms with van der Waals surface area (Å²) in [6, 6.07) is 10.2. The number of hydrogen-bond acceptors (Lipinski definition) is 4. The van der Waals surface area contributed by atoms with Gasteiger partial charge in [0.15, 0.2) is 4.32 Å². The monoisotopic (exact) mass is 358 g/mol. The molecule has 0 atom stereocenters. The average Bonchev–Trinajstić information content (AvgIpc) is 3.00. The van der Waals surface area contributed by atoms with Gasteiger partial charge in [0.05, 0.1) is 10.5 Å². The van der Waals surface area contributed by atoms with Crippen LogP contribution in [0.25, 0.3) is 6.08 Å². The molecule has 2 aromatic rings. The summed E-state index contributed by atoms with van der Waals surface area (Å²) in [7, 11) is 0. The number of nitrogens with zero attached hydrogens (tertiary/aromatic N) is 2. The van der Waals surface area contributed by atoms with Crippen molar-refractivity contribution in [3.63, 3.8) is 0 Å². The van der Waals surface area contributed by atoms with Gasteiger partial charge >= 0.3 is 5.97 Å². The molecule has 1 fully saturated rings. The van der Waals surface area contributed by atoms with Gasteiger partial charge in [-0.25, -0.2) is 4.79 Å². The van der Waals surface area contributed by atoms with Crippen molar-refractivity contribution in [2.75, 3.05) is 5.01 Å². The van der Waals surface area contributed by atoms with Crippen molar-refractivity contribution in [1.29, 1.82) is 0 Å². The first-order chi connectivity index (χ1) is 11.4. The first-order valence-corrected chi connectivity index (χ1v) is 8.37. The molecule has 24 heavy (non-hydrogen) atoms. The zero-order valence-electron chi connectivity index (χ0n) is 13.0. The average molecular weight is 358 g/mol. The number of hydrogen-bond donors (Lipinski definition) is 1. The van der Waals surface area contributed by atoms with Crippen LogP contribution in [0.2, 0.25) is 0 Å². The van der Waals surface area contributed by atoms with E-state index in [1.807, 2.05) is 26.0 Å². The number of thiocarbonyl (C=S) groups is 1. The first kappa shape index (κ1) is 16.5. The maximum atomic E-state index is 12.7. The quantitative estimate of drug-likeness (QED) is 0.673. The summed E-state index contributed by atoms with van der Waals surface area (Å²) in [4.78, 5) is 24.1. The van der Waals surface area contributed by atoms with Crippen molar-refractivity contribution in [2.24, 2.45) is 0 Å². The van der Waals surface area contributed by atoms with E-state index in [4.69, 9.17) is 17.3 Å². The fourth-order valence-electron chi connectivity index (χ4n) is 2.48. The molecular formula is C17H14N2O3S2. The van der Waals surface area contributed by atoms with Gasteiger partial charge in [-0.3, -0.25) is 9.47 Å². The lowest BCUT2D eigenvalue weighted by molar-refractivity contribution is -0.114. The topological polar surface area (TPSA) is 62.5 Å². The van der Waals surface area contributed by atoms with E-state index >= 15 is 0 Å². The number of amides is 1. The van der Waals surface area contributed by atoms with E-state index in [0.717, 1.165) is 17.0 Å². The second-order valence-corrected chi connectivity index (χ2v) is 7.02. The molecule has 1 aliphatic heterocycles. The normalized spacial score (nSPS) is 16.2. The van der Waals surface area contributed by atoms with Gasteiger partial charge in [0.25, 0.3) is 5.91 Å². The van der Waals surface area contributed by atoms with Crippen LogP contribution in [0, 0.1) is 13.8 Å². The van der Waals surface area contributed by atoms with Crippen molar-refractivity contribution >= 4 is 46.3 Å². The Bertz CT molecular complexity index is 862. The number of aromatic nitrogens is 1. The number of benzene rings is 1. The minimum Gasteiger partial charge on any atom is -0.478 e. The smallest absolute Gasteiger partial charge is 0.335 e. The molecule has 122 valence electrons. The molecule has 1 amide bonds. The molecule has 0 radical (unpaired) electrons. The molecule has 1 aliphatic rings. The van der Waals surface area contributed by atoms with Crippen LogP contribution in [0.3, 0.4) is 0 Å². The third-order valence-corrected chi connectivity index (χ3v) is 4.95. The third-order valence-electron chi connectivity index (χ3n) is 3.66. The molecule has 0 unspecified atom stereocenters. The van der Waals surface area contributed by atoms with Crippen molar-refractivity contribution in [1.82, 2.24) is 4.68 Å². The Labute approximate surface area is 148 Å². The highest BCUT2D eigenvalue weighted by atomic mass is 32.2. The molecule has 0 aliphatic carbocycles.